The molecular formula is C15H23NO2. The zero-order chi connectivity index (χ0) is 12.8. The summed E-state index contributed by atoms with van der Waals surface area (Å²) in [7, 11) is 0. The van der Waals surface area contributed by atoms with E-state index in [1.807, 2.05) is 6.07 Å². The fourth-order valence-electron chi connectivity index (χ4n) is 2.26. The van der Waals surface area contributed by atoms with Crippen molar-refractivity contribution in [2.24, 2.45) is 5.92 Å². The fourth-order valence-corrected chi connectivity index (χ4v) is 2.26. The summed E-state index contributed by atoms with van der Waals surface area (Å²) >= 11 is 0. The van der Waals surface area contributed by atoms with Crippen molar-refractivity contribution in [2.75, 3.05) is 19.8 Å². The first-order valence-corrected chi connectivity index (χ1v) is 6.89. The van der Waals surface area contributed by atoms with E-state index in [1.165, 1.54) is 18.4 Å². The SMILES string of the molecule is CCCC(C)CNCc1ccc2c(c1)OCCO2. The van der Waals surface area contributed by atoms with Crippen LogP contribution in [0.5, 0.6) is 11.5 Å². The lowest BCUT2D eigenvalue weighted by atomic mass is 10.1. The zero-order valence-corrected chi connectivity index (χ0v) is 11.4. The van der Waals surface area contributed by atoms with Crippen LogP contribution in [0.1, 0.15) is 32.3 Å². The molecular weight excluding hydrogens is 226 g/mol. The minimum Gasteiger partial charge on any atom is -0.486 e. The van der Waals surface area contributed by atoms with E-state index in [0.717, 1.165) is 30.5 Å². The van der Waals surface area contributed by atoms with Crippen molar-refractivity contribution in [1.82, 2.24) is 5.32 Å². The average molecular weight is 249 g/mol. The maximum absolute atomic E-state index is 5.58. The van der Waals surface area contributed by atoms with Gasteiger partial charge in [-0.15, -0.1) is 0 Å². The first kappa shape index (κ1) is 13.2. The Morgan fingerprint density at radius 2 is 2.00 bits per heavy atom. The highest BCUT2D eigenvalue weighted by atomic mass is 16.6. The van der Waals surface area contributed by atoms with Gasteiger partial charge in [-0.05, 0) is 36.6 Å². The van der Waals surface area contributed by atoms with Gasteiger partial charge in [-0.25, -0.2) is 0 Å². The van der Waals surface area contributed by atoms with E-state index in [9.17, 15) is 0 Å². The second kappa shape index (κ2) is 6.64. The molecule has 1 N–H and O–H groups in total. The smallest absolute Gasteiger partial charge is 0.161 e. The summed E-state index contributed by atoms with van der Waals surface area (Å²) in [5.74, 6) is 2.48. The van der Waals surface area contributed by atoms with Gasteiger partial charge in [0.25, 0.3) is 0 Å². The molecule has 0 radical (unpaired) electrons. The molecule has 100 valence electrons. The van der Waals surface area contributed by atoms with Crippen LogP contribution in [0.2, 0.25) is 0 Å². The maximum atomic E-state index is 5.58. The Labute approximate surface area is 109 Å². The molecule has 0 fully saturated rings. The predicted molar refractivity (Wildman–Crippen MR) is 73.2 cm³/mol. The van der Waals surface area contributed by atoms with Gasteiger partial charge in [-0.3, -0.25) is 0 Å². The highest BCUT2D eigenvalue weighted by Gasteiger charge is 2.11. The number of fused-ring (bicyclic) bond motifs is 1. The second-order valence-corrected chi connectivity index (χ2v) is 5.00. The third-order valence-electron chi connectivity index (χ3n) is 3.21. The summed E-state index contributed by atoms with van der Waals surface area (Å²) in [4.78, 5) is 0. The van der Waals surface area contributed by atoms with E-state index >= 15 is 0 Å². The molecule has 1 aliphatic rings. The highest BCUT2D eigenvalue weighted by Crippen LogP contribution is 2.30. The molecule has 0 bridgehead atoms. The molecule has 1 aliphatic heterocycles. The van der Waals surface area contributed by atoms with Crippen molar-refractivity contribution >= 4 is 0 Å². The van der Waals surface area contributed by atoms with Crippen LogP contribution < -0.4 is 14.8 Å². The average Bonchev–Trinajstić information content (AvgIpc) is 2.39. The molecule has 0 aliphatic carbocycles. The molecule has 0 saturated carbocycles. The lowest BCUT2D eigenvalue weighted by Crippen LogP contribution is -2.21. The largest absolute Gasteiger partial charge is 0.486 e. The molecule has 1 aromatic rings. The van der Waals surface area contributed by atoms with Gasteiger partial charge in [-0.2, -0.15) is 0 Å². The molecule has 0 spiro atoms. The van der Waals surface area contributed by atoms with Crippen LogP contribution in [0.4, 0.5) is 0 Å². The van der Waals surface area contributed by atoms with Crippen LogP contribution in [-0.4, -0.2) is 19.8 Å². The summed E-state index contributed by atoms with van der Waals surface area (Å²) in [6.07, 6.45) is 2.54. The molecule has 1 atom stereocenters. The number of rotatable bonds is 6. The normalized spacial score (nSPS) is 15.4. The first-order valence-electron chi connectivity index (χ1n) is 6.89. The molecule has 0 aromatic heterocycles. The van der Waals surface area contributed by atoms with E-state index in [4.69, 9.17) is 9.47 Å². The van der Waals surface area contributed by atoms with Crippen molar-refractivity contribution in [1.29, 1.82) is 0 Å². The Hall–Kier alpha value is -1.22. The third kappa shape index (κ3) is 3.64. The van der Waals surface area contributed by atoms with E-state index in [2.05, 4.69) is 31.3 Å². The standard InChI is InChI=1S/C15H23NO2/c1-3-4-12(2)10-16-11-13-5-6-14-15(9-13)18-8-7-17-14/h5-6,9,12,16H,3-4,7-8,10-11H2,1-2H3. The van der Waals surface area contributed by atoms with E-state index in [1.54, 1.807) is 0 Å². The summed E-state index contributed by atoms with van der Waals surface area (Å²) in [6, 6.07) is 6.18. The van der Waals surface area contributed by atoms with Crippen LogP contribution >= 0.6 is 0 Å². The van der Waals surface area contributed by atoms with Gasteiger partial charge in [0.05, 0.1) is 0 Å². The fraction of sp³-hybridized carbons (Fsp3) is 0.600. The summed E-state index contributed by atoms with van der Waals surface area (Å²) in [5.41, 5.74) is 1.25. The van der Waals surface area contributed by atoms with Crippen molar-refractivity contribution in [3.05, 3.63) is 23.8 Å². The summed E-state index contributed by atoms with van der Waals surface area (Å²) in [6.45, 7) is 7.79. The number of hydrogen-bond donors (Lipinski definition) is 1. The van der Waals surface area contributed by atoms with Gasteiger partial charge in [-0.1, -0.05) is 26.3 Å². The van der Waals surface area contributed by atoms with Crippen LogP contribution in [0.25, 0.3) is 0 Å². The Morgan fingerprint density at radius 3 is 2.78 bits per heavy atom. The number of hydrogen-bond acceptors (Lipinski definition) is 3. The Balaban J connectivity index is 1.82. The van der Waals surface area contributed by atoms with Gasteiger partial charge in [0.2, 0.25) is 0 Å². The van der Waals surface area contributed by atoms with Gasteiger partial charge >= 0.3 is 0 Å². The monoisotopic (exact) mass is 249 g/mol. The quantitative estimate of drug-likeness (QED) is 0.840. The molecule has 18 heavy (non-hydrogen) atoms. The summed E-state index contributed by atoms with van der Waals surface area (Å²) in [5, 5.41) is 3.50. The zero-order valence-electron chi connectivity index (χ0n) is 11.4. The van der Waals surface area contributed by atoms with Crippen LogP contribution in [0, 0.1) is 5.92 Å². The maximum Gasteiger partial charge on any atom is 0.161 e. The molecule has 3 heteroatoms. The van der Waals surface area contributed by atoms with Gasteiger partial charge in [0, 0.05) is 6.54 Å². The molecule has 0 amide bonds. The first-order chi connectivity index (χ1) is 8.79. The Bertz CT molecular complexity index is 379. The summed E-state index contributed by atoms with van der Waals surface area (Å²) < 4.78 is 11.1. The highest BCUT2D eigenvalue weighted by molar-refractivity contribution is 5.43. The van der Waals surface area contributed by atoms with Crippen LogP contribution in [-0.2, 0) is 6.54 Å². The molecule has 3 nitrogen and oxygen atoms in total. The van der Waals surface area contributed by atoms with Crippen molar-refractivity contribution in [2.45, 2.75) is 33.2 Å². The van der Waals surface area contributed by atoms with E-state index in [-0.39, 0.29) is 0 Å². The molecule has 2 rings (SSSR count). The number of ether oxygens (including phenoxy) is 2. The predicted octanol–water partition coefficient (Wildman–Crippen LogP) is 2.98. The minimum absolute atomic E-state index is 0.650. The van der Waals surface area contributed by atoms with Crippen molar-refractivity contribution < 1.29 is 9.47 Å². The van der Waals surface area contributed by atoms with E-state index in [0.29, 0.717) is 13.2 Å². The van der Waals surface area contributed by atoms with Gasteiger partial charge in [0.15, 0.2) is 11.5 Å². The molecule has 1 heterocycles. The van der Waals surface area contributed by atoms with E-state index < -0.39 is 0 Å². The number of nitrogens with one attached hydrogen (secondary N) is 1. The molecule has 0 saturated heterocycles. The lowest BCUT2D eigenvalue weighted by Gasteiger charge is -2.19. The molecule has 1 unspecified atom stereocenters. The van der Waals surface area contributed by atoms with Crippen molar-refractivity contribution in [3.8, 4) is 11.5 Å². The lowest BCUT2D eigenvalue weighted by molar-refractivity contribution is 0.171. The van der Waals surface area contributed by atoms with Crippen LogP contribution in [0.15, 0.2) is 18.2 Å². The minimum atomic E-state index is 0.650. The Morgan fingerprint density at radius 1 is 1.22 bits per heavy atom. The van der Waals surface area contributed by atoms with Gasteiger partial charge in [0.1, 0.15) is 13.2 Å². The number of benzene rings is 1. The Kier molecular flexibility index (Phi) is 4.88. The van der Waals surface area contributed by atoms with Gasteiger partial charge < -0.3 is 14.8 Å². The van der Waals surface area contributed by atoms with Crippen molar-refractivity contribution in [3.63, 3.8) is 0 Å². The molecule has 1 aromatic carbocycles. The third-order valence-corrected chi connectivity index (χ3v) is 3.21. The second-order valence-electron chi connectivity index (χ2n) is 5.00. The topological polar surface area (TPSA) is 30.5 Å². The van der Waals surface area contributed by atoms with Crippen LogP contribution in [0.3, 0.4) is 0 Å².